The number of hydrogen-bond acceptors (Lipinski definition) is 4. The van der Waals surface area contributed by atoms with Crippen molar-refractivity contribution in [2.75, 3.05) is 4.90 Å². The average Bonchev–Trinajstić information content (AvgIpc) is 3.32. The summed E-state index contributed by atoms with van der Waals surface area (Å²) in [4.78, 5) is 28.1. The highest BCUT2D eigenvalue weighted by molar-refractivity contribution is 7.10. The lowest BCUT2D eigenvalue weighted by Gasteiger charge is -2.24. The van der Waals surface area contributed by atoms with E-state index < -0.39 is 17.7 Å². The van der Waals surface area contributed by atoms with Gasteiger partial charge in [0.15, 0.2) is 0 Å². The first-order valence-electron chi connectivity index (χ1n) is 8.75. The third kappa shape index (κ3) is 3.46. The van der Waals surface area contributed by atoms with E-state index in [2.05, 4.69) is 0 Å². The fraction of sp³-hybridized carbons (Fsp3) is 0.0909. The molecule has 7 heteroatoms. The smallest absolute Gasteiger partial charge is 0.300 e. The summed E-state index contributed by atoms with van der Waals surface area (Å²) in [7, 11) is 0. The standard InChI is InChI=1S/C22H15Cl2NO3S/c1-12-4-7-14(8-5-12)25-19(17-3-2-10-29-17)18(21(27)22(25)28)20(26)13-6-9-15(23)16(24)11-13/h2-11,19,26H,1H3/b20-18-. The number of aryl methyl sites for hydroxylation is 1. The van der Waals surface area contributed by atoms with E-state index in [1.54, 1.807) is 18.2 Å². The molecule has 0 saturated carbocycles. The molecule has 3 aromatic rings. The van der Waals surface area contributed by atoms with Gasteiger partial charge in [-0.25, -0.2) is 0 Å². The van der Waals surface area contributed by atoms with Crippen molar-refractivity contribution < 1.29 is 14.7 Å². The van der Waals surface area contributed by atoms with Crippen molar-refractivity contribution in [3.05, 3.63) is 91.6 Å². The number of rotatable bonds is 3. The van der Waals surface area contributed by atoms with Crippen molar-refractivity contribution in [3.8, 4) is 0 Å². The Kier molecular flexibility index (Phi) is 5.21. The second-order valence-electron chi connectivity index (χ2n) is 6.65. The van der Waals surface area contributed by atoms with Gasteiger partial charge in [0.2, 0.25) is 0 Å². The van der Waals surface area contributed by atoms with Crippen molar-refractivity contribution >= 4 is 57.7 Å². The third-order valence-corrected chi connectivity index (χ3v) is 6.43. The zero-order valence-electron chi connectivity index (χ0n) is 15.2. The molecule has 1 N–H and O–H groups in total. The van der Waals surface area contributed by atoms with Gasteiger partial charge in [-0.2, -0.15) is 0 Å². The Balaban J connectivity index is 1.92. The van der Waals surface area contributed by atoms with Gasteiger partial charge < -0.3 is 5.11 Å². The van der Waals surface area contributed by atoms with Gasteiger partial charge in [-0.15, -0.1) is 11.3 Å². The van der Waals surface area contributed by atoms with Crippen molar-refractivity contribution in [2.24, 2.45) is 0 Å². The van der Waals surface area contributed by atoms with Crippen molar-refractivity contribution in [3.63, 3.8) is 0 Å². The monoisotopic (exact) mass is 443 g/mol. The molecular weight excluding hydrogens is 429 g/mol. The first kappa shape index (κ1) is 19.7. The van der Waals surface area contributed by atoms with Gasteiger partial charge >= 0.3 is 0 Å². The number of thiophene rings is 1. The number of Topliss-reactive ketones (excluding diaryl/α,β-unsaturated/α-hetero) is 1. The van der Waals surface area contributed by atoms with Crippen LogP contribution in [0.15, 0.2) is 65.6 Å². The molecule has 4 rings (SSSR count). The summed E-state index contributed by atoms with van der Waals surface area (Å²) in [5.74, 6) is -1.71. The minimum Gasteiger partial charge on any atom is -0.507 e. The molecule has 0 radical (unpaired) electrons. The quantitative estimate of drug-likeness (QED) is 0.307. The van der Waals surface area contributed by atoms with Crippen molar-refractivity contribution in [1.82, 2.24) is 0 Å². The molecule has 1 atom stereocenters. The second-order valence-corrected chi connectivity index (χ2v) is 8.44. The van der Waals surface area contributed by atoms with Gasteiger partial charge in [0.05, 0.1) is 15.6 Å². The van der Waals surface area contributed by atoms with Gasteiger partial charge in [-0.05, 0) is 48.7 Å². The molecule has 4 nitrogen and oxygen atoms in total. The molecule has 1 unspecified atom stereocenters. The number of ketones is 1. The lowest BCUT2D eigenvalue weighted by Crippen LogP contribution is -2.29. The summed E-state index contributed by atoms with van der Waals surface area (Å²) in [6.45, 7) is 1.94. The Labute approximate surface area is 181 Å². The Bertz CT molecular complexity index is 1140. The summed E-state index contributed by atoms with van der Waals surface area (Å²) in [5.41, 5.74) is 1.97. The molecule has 2 heterocycles. The molecule has 1 aromatic heterocycles. The van der Waals surface area contributed by atoms with Crippen LogP contribution in [0.5, 0.6) is 0 Å². The molecule has 146 valence electrons. The number of anilines is 1. The van der Waals surface area contributed by atoms with E-state index in [0.29, 0.717) is 16.3 Å². The average molecular weight is 444 g/mol. The van der Waals surface area contributed by atoms with Crippen LogP contribution in [0.2, 0.25) is 10.0 Å². The van der Waals surface area contributed by atoms with Crippen LogP contribution in [-0.2, 0) is 9.59 Å². The summed E-state index contributed by atoms with van der Waals surface area (Å²) in [6, 6.07) is 14.9. The largest absolute Gasteiger partial charge is 0.507 e. The molecule has 1 fully saturated rings. The molecule has 29 heavy (non-hydrogen) atoms. The number of carbonyl (C=O) groups is 2. The van der Waals surface area contributed by atoms with Crippen LogP contribution in [-0.4, -0.2) is 16.8 Å². The van der Waals surface area contributed by atoms with E-state index in [4.69, 9.17) is 23.2 Å². The highest BCUT2D eigenvalue weighted by Crippen LogP contribution is 2.43. The van der Waals surface area contributed by atoms with Crippen molar-refractivity contribution in [2.45, 2.75) is 13.0 Å². The van der Waals surface area contributed by atoms with E-state index in [-0.39, 0.29) is 16.4 Å². The maximum absolute atomic E-state index is 13.0. The fourth-order valence-corrected chi connectivity index (χ4v) is 4.44. The Morgan fingerprint density at radius 1 is 1.03 bits per heavy atom. The SMILES string of the molecule is Cc1ccc(N2C(=O)C(=O)/C(=C(\O)c3ccc(Cl)c(Cl)c3)C2c2cccs2)cc1. The fourth-order valence-electron chi connectivity index (χ4n) is 3.32. The maximum atomic E-state index is 13.0. The van der Waals surface area contributed by atoms with Crippen LogP contribution in [0.3, 0.4) is 0 Å². The highest BCUT2D eigenvalue weighted by atomic mass is 35.5. The van der Waals surface area contributed by atoms with Crippen LogP contribution >= 0.6 is 34.5 Å². The zero-order chi connectivity index (χ0) is 20.7. The molecule has 2 aromatic carbocycles. The number of aliphatic hydroxyl groups is 1. The summed E-state index contributed by atoms with van der Waals surface area (Å²) in [6.07, 6.45) is 0. The third-order valence-electron chi connectivity index (χ3n) is 4.76. The van der Waals surface area contributed by atoms with Gasteiger partial charge in [0, 0.05) is 16.1 Å². The number of benzene rings is 2. The van der Waals surface area contributed by atoms with Crippen molar-refractivity contribution in [1.29, 1.82) is 0 Å². The summed E-state index contributed by atoms with van der Waals surface area (Å²) in [5, 5.41) is 13.4. The Morgan fingerprint density at radius 3 is 2.38 bits per heavy atom. The van der Waals surface area contributed by atoms with Crippen LogP contribution < -0.4 is 4.90 Å². The Hall–Kier alpha value is -2.60. The van der Waals surface area contributed by atoms with E-state index in [0.717, 1.165) is 10.4 Å². The van der Waals surface area contributed by atoms with Crippen LogP contribution in [0, 0.1) is 6.92 Å². The van der Waals surface area contributed by atoms with E-state index in [1.165, 1.54) is 28.4 Å². The van der Waals surface area contributed by atoms with E-state index >= 15 is 0 Å². The first-order valence-corrected chi connectivity index (χ1v) is 10.4. The number of halogens is 2. The summed E-state index contributed by atoms with van der Waals surface area (Å²) < 4.78 is 0. The highest BCUT2D eigenvalue weighted by Gasteiger charge is 2.47. The van der Waals surface area contributed by atoms with Crippen LogP contribution in [0.25, 0.3) is 5.76 Å². The minimum atomic E-state index is -0.743. The topological polar surface area (TPSA) is 57.6 Å². The number of carbonyl (C=O) groups excluding carboxylic acids is 2. The second kappa shape index (κ2) is 7.67. The van der Waals surface area contributed by atoms with Gasteiger partial charge in [0.25, 0.3) is 11.7 Å². The number of hydrogen-bond donors (Lipinski definition) is 1. The molecule has 1 aliphatic rings. The molecular formula is C22H15Cl2NO3S. The number of nitrogens with zero attached hydrogens (tertiary/aromatic N) is 1. The first-order chi connectivity index (χ1) is 13.9. The predicted molar refractivity (Wildman–Crippen MR) is 117 cm³/mol. The van der Waals surface area contributed by atoms with E-state index in [9.17, 15) is 14.7 Å². The van der Waals surface area contributed by atoms with Gasteiger partial charge in [0.1, 0.15) is 11.8 Å². The molecule has 0 aliphatic carbocycles. The Morgan fingerprint density at radius 2 is 1.76 bits per heavy atom. The molecule has 1 amide bonds. The lowest BCUT2D eigenvalue weighted by atomic mass is 9.99. The van der Waals surface area contributed by atoms with Crippen LogP contribution in [0.4, 0.5) is 5.69 Å². The minimum absolute atomic E-state index is 0.0245. The molecule has 0 spiro atoms. The van der Waals surface area contributed by atoms with E-state index in [1.807, 2.05) is 36.6 Å². The summed E-state index contributed by atoms with van der Waals surface area (Å²) >= 11 is 13.5. The number of amides is 1. The van der Waals surface area contributed by atoms with Gasteiger partial charge in [-0.1, -0.05) is 47.0 Å². The normalized spacial score (nSPS) is 18.4. The maximum Gasteiger partial charge on any atom is 0.300 e. The van der Waals surface area contributed by atoms with Gasteiger partial charge in [-0.3, -0.25) is 14.5 Å². The lowest BCUT2D eigenvalue weighted by molar-refractivity contribution is -0.132. The van der Waals surface area contributed by atoms with Crippen LogP contribution in [0.1, 0.15) is 22.0 Å². The number of aliphatic hydroxyl groups excluding tert-OH is 1. The molecule has 0 bridgehead atoms. The predicted octanol–water partition coefficient (Wildman–Crippen LogP) is 5.99. The molecule has 1 aliphatic heterocycles. The zero-order valence-corrected chi connectivity index (χ0v) is 17.6. The molecule has 1 saturated heterocycles.